The molecule has 1 aliphatic rings. The highest BCUT2D eigenvalue weighted by Gasteiger charge is 2.32. The molecule has 7 nitrogen and oxygen atoms in total. The number of carbonyl (C=O) groups is 1. The van der Waals surface area contributed by atoms with Gasteiger partial charge in [0.25, 0.3) is 5.70 Å². The number of hydrogen-bond donors (Lipinski definition) is 1. The van der Waals surface area contributed by atoms with E-state index in [9.17, 15) is 14.9 Å². The van der Waals surface area contributed by atoms with E-state index in [0.717, 1.165) is 12.1 Å². The van der Waals surface area contributed by atoms with E-state index in [4.69, 9.17) is 4.74 Å². The minimum absolute atomic E-state index is 0.0551. The lowest BCUT2D eigenvalue weighted by atomic mass is 10.0. The molecule has 1 amide bonds. The zero-order chi connectivity index (χ0) is 17.8. The molecular formula is C16H27N3O4. The van der Waals surface area contributed by atoms with Crippen molar-refractivity contribution >= 4 is 11.8 Å². The van der Waals surface area contributed by atoms with Crippen LogP contribution in [0.4, 0.5) is 4.79 Å². The second kappa shape index (κ2) is 7.57. The van der Waals surface area contributed by atoms with Gasteiger partial charge in [-0.15, -0.1) is 0 Å². The average Bonchev–Trinajstić information content (AvgIpc) is 2.62. The molecule has 7 heteroatoms. The first-order chi connectivity index (χ1) is 10.5. The molecule has 2 atom stereocenters. The zero-order valence-electron chi connectivity index (χ0n) is 14.8. The summed E-state index contributed by atoms with van der Waals surface area (Å²) in [6, 6.07) is -0.431. The molecule has 130 valence electrons. The number of hydrogen-bond acceptors (Lipinski definition) is 5. The Kier molecular flexibility index (Phi) is 6.29. The van der Waals surface area contributed by atoms with Crippen molar-refractivity contribution in [2.24, 2.45) is 4.99 Å². The zero-order valence-corrected chi connectivity index (χ0v) is 14.8. The van der Waals surface area contributed by atoms with Crippen LogP contribution < -0.4 is 5.32 Å². The molecule has 0 saturated heterocycles. The molecule has 0 radical (unpaired) electrons. The van der Waals surface area contributed by atoms with E-state index in [0.29, 0.717) is 18.4 Å². The maximum absolute atomic E-state index is 11.7. The molecule has 1 N–H and O–H groups in total. The van der Waals surface area contributed by atoms with Crippen molar-refractivity contribution in [2.45, 2.75) is 78.5 Å². The van der Waals surface area contributed by atoms with Gasteiger partial charge in [-0.3, -0.25) is 15.1 Å². The first-order valence-corrected chi connectivity index (χ1v) is 7.90. The quantitative estimate of drug-likeness (QED) is 0.597. The maximum atomic E-state index is 11.7. The Balaban J connectivity index is 2.43. The number of aliphatic imine (C=N–C) groups is 1. The second-order valence-corrected chi connectivity index (χ2v) is 6.98. The first kappa shape index (κ1) is 19.1. The summed E-state index contributed by atoms with van der Waals surface area (Å²) in [6.07, 6.45) is 1.62. The van der Waals surface area contributed by atoms with Gasteiger partial charge in [0.2, 0.25) is 0 Å². The number of nitro groups is 1. The van der Waals surface area contributed by atoms with Gasteiger partial charge >= 0.3 is 6.09 Å². The van der Waals surface area contributed by atoms with Crippen molar-refractivity contribution in [1.29, 1.82) is 0 Å². The molecule has 0 bridgehead atoms. The molecule has 0 spiro atoms. The van der Waals surface area contributed by atoms with Crippen LogP contribution in [0, 0.1) is 10.1 Å². The highest BCUT2D eigenvalue weighted by Crippen LogP contribution is 2.26. The number of allylic oxidation sites excluding steroid dienone is 1. The molecule has 0 saturated carbocycles. The normalized spacial score (nSPS) is 19.4. The van der Waals surface area contributed by atoms with Crippen molar-refractivity contribution in [1.82, 2.24) is 5.32 Å². The summed E-state index contributed by atoms with van der Waals surface area (Å²) in [6.45, 7) is 10.9. The van der Waals surface area contributed by atoms with E-state index in [1.54, 1.807) is 13.8 Å². The molecule has 1 aliphatic heterocycles. The van der Waals surface area contributed by atoms with Crippen molar-refractivity contribution in [3.05, 3.63) is 21.4 Å². The SMILES string of the molecule is CC1=NC(CCC[C@H](C)NC(=O)OC(C)(C)C)C([N+](=O)[O-])=C1C. The third-order valence-corrected chi connectivity index (χ3v) is 3.67. The summed E-state index contributed by atoms with van der Waals surface area (Å²) in [5.74, 6) is 0. The third-order valence-electron chi connectivity index (χ3n) is 3.67. The topological polar surface area (TPSA) is 93.8 Å². The van der Waals surface area contributed by atoms with Crippen LogP contribution in [0.2, 0.25) is 0 Å². The van der Waals surface area contributed by atoms with Gasteiger partial charge in [0.05, 0.1) is 4.92 Å². The minimum atomic E-state index is -0.525. The van der Waals surface area contributed by atoms with E-state index in [-0.39, 0.29) is 22.7 Å². The van der Waals surface area contributed by atoms with E-state index < -0.39 is 11.7 Å². The van der Waals surface area contributed by atoms with Gasteiger partial charge in [0, 0.05) is 17.3 Å². The predicted molar refractivity (Wildman–Crippen MR) is 89.3 cm³/mol. The summed E-state index contributed by atoms with van der Waals surface area (Å²) in [7, 11) is 0. The Morgan fingerprint density at radius 3 is 2.57 bits per heavy atom. The van der Waals surface area contributed by atoms with Gasteiger partial charge in [-0.1, -0.05) is 0 Å². The van der Waals surface area contributed by atoms with Crippen LogP contribution in [0.1, 0.15) is 60.8 Å². The monoisotopic (exact) mass is 325 g/mol. The molecule has 0 aromatic heterocycles. The molecule has 1 heterocycles. The van der Waals surface area contributed by atoms with E-state index in [1.807, 2.05) is 27.7 Å². The molecule has 23 heavy (non-hydrogen) atoms. The number of carbonyl (C=O) groups excluding carboxylic acids is 1. The van der Waals surface area contributed by atoms with E-state index in [2.05, 4.69) is 10.3 Å². The highest BCUT2D eigenvalue weighted by molar-refractivity contribution is 6.00. The number of rotatable bonds is 6. The standard InChI is InChI=1S/C16H27N3O4/c1-10(17-15(20)23-16(4,5)6)8-7-9-13-14(19(21)22)11(2)12(3)18-13/h10,13H,7-9H2,1-6H3,(H,17,20)/t10-,13?/m0/s1. The molecule has 0 fully saturated rings. The van der Waals surface area contributed by atoms with Gasteiger partial charge in [0.1, 0.15) is 11.6 Å². The molecule has 1 unspecified atom stereocenters. The smallest absolute Gasteiger partial charge is 0.407 e. The third kappa shape index (κ3) is 6.00. The fourth-order valence-electron chi connectivity index (χ4n) is 2.49. The summed E-state index contributed by atoms with van der Waals surface area (Å²) >= 11 is 0. The Morgan fingerprint density at radius 2 is 2.04 bits per heavy atom. The summed E-state index contributed by atoms with van der Waals surface area (Å²) in [4.78, 5) is 26.8. The Hall–Kier alpha value is -1.92. The number of alkyl carbamates (subject to hydrolysis) is 1. The average molecular weight is 325 g/mol. The summed E-state index contributed by atoms with van der Waals surface area (Å²) in [5.41, 5.74) is 1.08. The predicted octanol–water partition coefficient (Wildman–Crippen LogP) is 3.46. The van der Waals surface area contributed by atoms with E-state index >= 15 is 0 Å². The second-order valence-electron chi connectivity index (χ2n) is 6.98. The molecule has 1 rings (SSSR count). The van der Waals surface area contributed by atoms with Gasteiger partial charge in [0.15, 0.2) is 0 Å². The van der Waals surface area contributed by atoms with Crippen LogP contribution in [0.25, 0.3) is 0 Å². The molecular weight excluding hydrogens is 298 g/mol. The Labute approximate surface area is 137 Å². The van der Waals surface area contributed by atoms with Gasteiger partial charge < -0.3 is 10.1 Å². The number of amides is 1. The van der Waals surface area contributed by atoms with Crippen LogP contribution in [-0.2, 0) is 4.74 Å². The Bertz CT molecular complexity index is 532. The van der Waals surface area contributed by atoms with Crippen LogP contribution >= 0.6 is 0 Å². The van der Waals surface area contributed by atoms with Gasteiger partial charge in [-0.25, -0.2) is 4.79 Å². The highest BCUT2D eigenvalue weighted by atomic mass is 16.6. The van der Waals surface area contributed by atoms with Crippen molar-refractivity contribution in [2.75, 3.05) is 0 Å². The molecule has 0 aliphatic carbocycles. The fraction of sp³-hybridized carbons (Fsp3) is 0.750. The van der Waals surface area contributed by atoms with Gasteiger partial charge in [-0.2, -0.15) is 0 Å². The van der Waals surface area contributed by atoms with Crippen LogP contribution in [0.15, 0.2) is 16.3 Å². The van der Waals surface area contributed by atoms with Crippen LogP contribution in [0.3, 0.4) is 0 Å². The summed E-state index contributed by atoms with van der Waals surface area (Å²) < 4.78 is 5.20. The molecule has 0 aromatic rings. The first-order valence-electron chi connectivity index (χ1n) is 7.90. The lowest BCUT2D eigenvalue weighted by Gasteiger charge is -2.22. The number of ether oxygens (including phenoxy) is 1. The maximum Gasteiger partial charge on any atom is 0.407 e. The fourth-order valence-corrected chi connectivity index (χ4v) is 2.49. The summed E-state index contributed by atoms with van der Waals surface area (Å²) in [5, 5.41) is 13.9. The van der Waals surface area contributed by atoms with Gasteiger partial charge in [-0.05, 0) is 60.8 Å². The van der Waals surface area contributed by atoms with Crippen LogP contribution in [0.5, 0.6) is 0 Å². The van der Waals surface area contributed by atoms with Crippen molar-refractivity contribution < 1.29 is 14.5 Å². The molecule has 0 aromatic carbocycles. The number of nitrogens with zero attached hydrogens (tertiary/aromatic N) is 2. The van der Waals surface area contributed by atoms with Crippen molar-refractivity contribution in [3.63, 3.8) is 0 Å². The minimum Gasteiger partial charge on any atom is -0.444 e. The largest absolute Gasteiger partial charge is 0.444 e. The Morgan fingerprint density at radius 1 is 1.43 bits per heavy atom. The van der Waals surface area contributed by atoms with E-state index in [1.165, 1.54) is 0 Å². The van der Waals surface area contributed by atoms with Crippen LogP contribution in [-0.4, -0.2) is 34.4 Å². The number of nitrogens with one attached hydrogen (secondary N) is 1. The lowest BCUT2D eigenvalue weighted by Crippen LogP contribution is -2.37. The lowest BCUT2D eigenvalue weighted by molar-refractivity contribution is -0.429. The van der Waals surface area contributed by atoms with Crippen molar-refractivity contribution in [3.8, 4) is 0 Å².